The van der Waals surface area contributed by atoms with Crippen molar-refractivity contribution in [2.45, 2.75) is 18.3 Å². The molecule has 0 spiro atoms. The molecule has 1 unspecified atom stereocenters. The third-order valence-electron chi connectivity index (χ3n) is 1.44. The van der Waals surface area contributed by atoms with Gasteiger partial charge >= 0.3 is 0 Å². The van der Waals surface area contributed by atoms with Crippen molar-refractivity contribution in [1.82, 2.24) is 9.97 Å². The Morgan fingerprint density at radius 3 is 2.77 bits per heavy atom. The fraction of sp³-hybridized carbons (Fsp3) is 0.429. The van der Waals surface area contributed by atoms with Crippen LogP contribution in [0.1, 0.15) is 18.8 Å². The van der Waals surface area contributed by atoms with E-state index in [9.17, 15) is 9.18 Å². The fourth-order valence-electron chi connectivity index (χ4n) is 0.815. The number of aromatic nitrogens is 2. The van der Waals surface area contributed by atoms with Gasteiger partial charge in [-0.05, 0) is 13.2 Å². The number of aromatic amines is 1. The molecule has 1 aromatic rings. The zero-order chi connectivity index (χ0) is 10.0. The van der Waals surface area contributed by atoms with Crippen LogP contribution in [0.15, 0.2) is 9.95 Å². The number of alkyl halides is 1. The Kier molecular flexibility index (Phi) is 3.33. The standard InChI is InChI=1S/C7H8ClFN2OS/c1-3(9)5-4(8)6(12)11-7(10-5)13-2/h3H,1-2H3,(H,10,11,12). The van der Waals surface area contributed by atoms with E-state index in [0.717, 1.165) is 0 Å². The lowest BCUT2D eigenvalue weighted by atomic mass is 10.3. The van der Waals surface area contributed by atoms with Gasteiger partial charge in [0.1, 0.15) is 16.9 Å². The minimum absolute atomic E-state index is 0.00485. The molecule has 1 heterocycles. The van der Waals surface area contributed by atoms with Crippen molar-refractivity contribution in [3.63, 3.8) is 0 Å². The number of thioether (sulfide) groups is 1. The van der Waals surface area contributed by atoms with Crippen LogP contribution in [0.25, 0.3) is 0 Å². The maximum atomic E-state index is 12.9. The first-order chi connectivity index (χ1) is 6.06. The molecule has 0 fully saturated rings. The highest BCUT2D eigenvalue weighted by Gasteiger charge is 2.14. The summed E-state index contributed by atoms with van der Waals surface area (Å²) in [5.74, 6) is 0. The van der Waals surface area contributed by atoms with Gasteiger partial charge in [0.25, 0.3) is 5.56 Å². The van der Waals surface area contributed by atoms with E-state index >= 15 is 0 Å². The monoisotopic (exact) mass is 222 g/mol. The van der Waals surface area contributed by atoms with E-state index in [1.165, 1.54) is 18.7 Å². The largest absolute Gasteiger partial charge is 0.300 e. The third-order valence-corrected chi connectivity index (χ3v) is 2.38. The van der Waals surface area contributed by atoms with Gasteiger partial charge in [-0.25, -0.2) is 9.37 Å². The smallest absolute Gasteiger partial charge is 0.270 e. The van der Waals surface area contributed by atoms with Crippen molar-refractivity contribution in [2.24, 2.45) is 0 Å². The Labute approximate surface area is 83.7 Å². The molecule has 0 aliphatic heterocycles. The van der Waals surface area contributed by atoms with Gasteiger partial charge in [0.2, 0.25) is 0 Å². The summed E-state index contributed by atoms with van der Waals surface area (Å²) in [7, 11) is 0. The number of nitrogens with one attached hydrogen (secondary N) is 1. The van der Waals surface area contributed by atoms with Gasteiger partial charge < -0.3 is 4.98 Å². The van der Waals surface area contributed by atoms with E-state index < -0.39 is 11.7 Å². The average molecular weight is 223 g/mol. The molecule has 0 saturated carbocycles. The van der Waals surface area contributed by atoms with Crippen molar-refractivity contribution < 1.29 is 4.39 Å². The predicted molar refractivity (Wildman–Crippen MR) is 51.2 cm³/mol. The molecule has 1 N–H and O–H groups in total. The second kappa shape index (κ2) is 4.11. The fourth-order valence-corrected chi connectivity index (χ4v) is 1.44. The SMILES string of the molecule is CSc1nc(C(C)F)c(Cl)c(=O)[nH]1. The first-order valence-electron chi connectivity index (χ1n) is 3.54. The number of nitrogens with zero attached hydrogens (tertiary/aromatic N) is 1. The van der Waals surface area contributed by atoms with Crippen LogP contribution in [0, 0.1) is 0 Å². The van der Waals surface area contributed by atoms with Gasteiger partial charge in [0.05, 0.1) is 0 Å². The number of rotatable bonds is 2. The molecule has 0 aromatic carbocycles. The lowest BCUT2D eigenvalue weighted by Crippen LogP contribution is -2.13. The topological polar surface area (TPSA) is 45.8 Å². The van der Waals surface area contributed by atoms with Gasteiger partial charge in [0, 0.05) is 0 Å². The summed E-state index contributed by atoms with van der Waals surface area (Å²) in [5, 5.41) is 0.196. The highest BCUT2D eigenvalue weighted by atomic mass is 35.5. The van der Waals surface area contributed by atoms with Crippen LogP contribution in [0.2, 0.25) is 5.02 Å². The zero-order valence-electron chi connectivity index (χ0n) is 7.10. The maximum Gasteiger partial charge on any atom is 0.270 e. The van der Waals surface area contributed by atoms with E-state index in [1.54, 1.807) is 6.26 Å². The first-order valence-corrected chi connectivity index (χ1v) is 5.14. The summed E-state index contributed by atoms with van der Waals surface area (Å²) in [5.41, 5.74) is -0.504. The normalized spacial score (nSPS) is 12.9. The molecule has 3 nitrogen and oxygen atoms in total. The van der Waals surface area contributed by atoms with E-state index in [4.69, 9.17) is 11.6 Å². The van der Waals surface area contributed by atoms with Crippen LogP contribution < -0.4 is 5.56 Å². The second-order valence-corrected chi connectivity index (χ2v) is 3.56. The van der Waals surface area contributed by atoms with Crippen molar-refractivity contribution in [3.8, 4) is 0 Å². The third kappa shape index (κ3) is 2.22. The number of hydrogen-bond donors (Lipinski definition) is 1. The van der Waals surface area contributed by atoms with Crippen molar-refractivity contribution in [1.29, 1.82) is 0 Å². The molecular formula is C7H8ClFN2OS. The molecule has 0 amide bonds. The van der Waals surface area contributed by atoms with Gasteiger partial charge in [-0.15, -0.1) is 0 Å². The molecule has 0 aliphatic rings. The zero-order valence-corrected chi connectivity index (χ0v) is 8.67. The number of hydrogen-bond acceptors (Lipinski definition) is 3. The van der Waals surface area contributed by atoms with Crippen molar-refractivity contribution >= 4 is 23.4 Å². The number of H-pyrrole nitrogens is 1. The Hall–Kier alpha value is -0.550. The lowest BCUT2D eigenvalue weighted by molar-refractivity contribution is 0.363. The molecule has 0 aliphatic carbocycles. The van der Waals surface area contributed by atoms with Crippen LogP contribution >= 0.6 is 23.4 Å². The van der Waals surface area contributed by atoms with Crippen LogP contribution in [0.5, 0.6) is 0 Å². The van der Waals surface area contributed by atoms with E-state index in [1.807, 2.05) is 0 Å². The number of halogens is 2. The van der Waals surface area contributed by atoms with Crippen LogP contribution in [0.4, 0.5) is 4.39 Å². The molecular weight excluding hydrogens is 215 g/mol. The maximum absolute atomic E-state index is 12.9. The summed E-state index contributed by atoms with van der Waals surface area (Å²) < 4.78 is 12.9. The summed E-state index contributed by atoms with van der Waals surface area (Å²) in [6.07, 6.45) is 0.402. The van der Waals surface area contributed by atoms with Crippen LogP contribution in [0.3, 0.4) is 0 Å². The molecule has 6 heteroatoms. The van der Waals surface area contributed by atoms with Gasteiger partial charge in [-0.3, -0.25) is 4.79 Å². The van der Waals surface area contributed by atoms with Gasteiger partial charge in [-0.2, -0.15) is 0 Å². The van der Waals surface area contributed by atoms with Crippen molar-refractivity contribution in [2.75, 3.05) is 6.26 Å². The molecule has 1 aromatic heterocycles. The highest BCUT2D eigenvalue weighted by molar-refractivity contribution is 7.98. The van der Waals surface area contributed by atoms with Crippen LogP contribution in [-0.2, 0) is 0 Å². The Morgan fingerprint density at radius 2 is 2.31 bits per heavy atom. The quantitative estimate of drug-likeness (QED) is 0.616. The molecule has 0 saturated heterocycles. The molecule has 0 radical (unpaired) electrons. The first kappa shape index (κ1) is 10.5. The minimum Gasteiger partial charge on any atom is -0.300 e. The molecule has 13 heavy (non-hydrogen) atoms. The van der Waals surface area contributed by atoms with Gasteiger partial charge in [0.15, 0.2) is 5.16 Å². The summed E-state index contributed by atoms with van der Waals surface area (Å²) >= 11 is 6.79. The Bertz CT molecular complexity index is 366. The van der Waals surface area contributed by atoms with E-state index in [0.29, 0.717) is 5.16 Å². The Morgan fingerprint density at radius 1 is 1.69 bits per heavy atom. The van der Waals surface area contributed by atoms with Crippen LogP contribution in [-0.4, -0.2) is 16.2 Å². The van der Waals surface area contributed by atoms with E-state index in [-0.39, 0.29) is 10.7 Å². The second-order valence-electron chi connectivity index (χ2n) is 2.39. The predicted octanol–water partition coefficient (Wildman–Crippen LogP) is 2.18. The molecule has 72 valence electrons. The molecule has 1 atom stereocenters. The highest BCUT2D eigenvalue weighted by Crippen LogP contribution is 2.21. The summed E-state index contributed by atoms with van der Waals surface area (Å²) in [6, 6.07) is 0. The summed E-state index contributed by atoms with van der Waals surface area (Å²) in [4.78, 5) is 17.4. The lowest BCUT2D eigenvalue weighted by Gasteiger charge is -2.04. The molecule has 1 rings (SSSR count). The average Bonchev–Trinajstić information content (AvgIpc) is 2.09. The van der Waals surface area contributed by atoms with Gasteiger partial charge in [-0.1, -0.05) is 23.4 Å². The Balaban J connectivity index is 3.33. The van der Waals surface area contributed by atoms with E-state index in [2.05, 4.69) is 9.97 Å². The van der Waals surface area contributed by atoms with Crippen molar-refractivity contribution in [3.05, 3.63) is 21.1 Å². The summed E-state index contributed by atoms with van der Waals surface area (Å²) in [6.45, 7) is 1.29. The minimum atomic E-state index is -1.33. The molecule has 0 bridgehead atoms.